The van der Waals surface area contributed by atoms with Crippen molar-refractivity contribution < 1.29 is 14.4 Å². The highest BCUT2D eigenvalue weighted by Gasteiger charge is 2.30. The van der Waals surface area contributed by atoms with Gasteiger partial charge in [0.1, 0.15) is 5.69 Å². The molecule has 2 aliphatic rings. The maximum atomic E-state index is 12.6. The molecule has 2 unspecified atom stereocenters. The van der Waals surface area contributed by atoms with E-state index < -0.39 is 0 Å². The highest BCUT2D eigenvalue weighted by atomic mass is 16.2. The van der Waals surface area contributed by atoms with Crippen LogP contribution in [0.15, 0.2) is 24.3 Å². The van der Waals surface area contributed by atoms with Crippen molar-refractivity contribution >= 4 is 28.6 Å². The Morgan fingerprint density at radius 2 is 2.11 bits per heavy atom. The van der Waals surface area contributed by atoms with Gasteiger partial charge >= 0.3 is 0 Å². The number of rotatable bonds is 4. The lowest BCUT2D eigenvalue weighted by atomic mass is 9.95. The summed E-state index contributed by atoms with van der Waals surface area (Å²) in [6.07, 6.45) is 2.49. The average molecular weight is 382 g/mol. The summed E-state index contributed by atoms with van der Waals surface area (Å²) < 4.78 is 0. The molecule has 7 heteroatoms. The number of nitrogens with one attached hydrogen (secondary N) is 3. The van der Waals surface area contributed by atoms with Gasteiger partial charge in [-0.3, -0.25) is 14.4 Å². The summed E-state index contributed by atoms with van der Waals surface area (Å²) in [6.45, 7) is 3.81. The van der Waals surface area contributed by atoms with Gasteiger partial charge in [-0.1, -0.05) is 12.1 Å². The van der Waals surface area contributed by atoms with Crippen LogP contribution in [0, 0.1) is 12.8 Å². The van der Waals surface area contributed by atoms with Crippen LogP contribution in [-0.4, -0.2) is 53.3 Å². The minimum atomic E-state index is -0.136. The summed E-state index contributed by atoms with van der Waals surface area (Å²) >= 11 is 0. The molecule has 148 valence electrons. The van der Waals surface area contributed by atoms with Crippen LogP contribution in [0.1, 0.15) is 41.7 Å². The third-order valence-electron chi connectivity index (χ3n) is 5.73. The Morgan fingerprint density at radius 1 is 1.25 bits per heavy atom. The number of likely N-dealkylation sites (tertiary alicyclic amines) is 1. The maximum absolute atomic E-state index is 12.6. The van der Waals surface area contributed by atoms with Gasteiger partial charge < -0.3 is 20.5 Å². The number of H-pyrrole nitrogens is 1. The van der Waals surface area contributed by atoms with Crippen LogP contribution in [0.5, 0.6) is 0 Å². The molecule has 3 amide bonds. The predicted octanol–water partition coefficient (Wildman–Crippen LogP) is 1.72. The van der Waals surface area contributed by atoms with Gasteiger partial charge in [-0.2, -0.15) is 0 Å². The smallest absolute Gasteiger partial charge is 0.268 e. The summed E-state index contributed by atoms with van der Waals surface area (Å²) in [4.78, 5) is 41.4. The zero-order chi connectivity index (χ0) is 19.7. The molecule has 0 spiro atoms. The van der Waals surface area contributed by atoms with Crippen molar-refractivity contribution in [2.45, 2.75) is 38.6 Å². The number of carbonyl (C=O) groups excluding carboxylic acids is 3. The molecule has 2 fully saturated rings. The third-order valence-corrected chi connectivity index (χ3v) is 5.73. The molecule has 28 heavy (non-hydrogen) atoms. The van der Waals surface area contributed by atoms with Gasteiger partial charge in [0.25, 0.3) is 5.91 Å². The van der Waals surface area contributed by atoms with Crippen LogP contribution in [0.4, 0.5) is 0 Å². The minimum absolute atomic E-state index is 0.0318. The zero-order valence-electron chi connectivity index (χ0n) is 16.1. The third kappa shape index (κ3) is 4.03. The van der Waals surface area contributed by atoms with Crippen molar-refractivity contribution in [3.63, 3.8) is 0 Å². The Labute approximate surface area is 163 Å². The molecule has 0 aliphatic carbocycles. The molecule has 2 aliphatic heterocycles. The fourth-order valence-electron chi connectivity index (χ4n) is 4.07. The van der Waals surface area contributed by atoms with E-state index in [1.54, 1.807) is 0 Å². The summed E-state index contributed by atoms with van der Waals surface area (Å²) in [5.41, 5.74) is 2.64. The van der Waals surface area contributed by atoms with Gasteiger partial charge in [0.05, 0.1) is 0 Å². The first kappa shape index (κ1) is 18.5. The Bertz CT molecular complexity index is 910. The fourth-order valence-corrected chi connectivity index (χ4v) is 4.07. The molecule has 2 aromatic rings. The van der Waals surface area contributed by atoms with Gasteiger partial charge in [0.2, 0.25) is 11.8 Å². The summed E-state index contributed by atoms with van der Waals surface area (Å²) in [7, 11) is 0. The molecule has 0 bridgehead atoms. The Kier molecular flexibility index (Phi) is 5.07. The van der Waals surface area contributed by atoms with E-state index in [0.29, 0.717) is 38.2 Å². The summed E-state index contributed by atoms with van der Waals surface area (Å²) in [6, 6.07) is 7.88. The van der Waals surface area contributed by atoms with Gasteiger partial charge in [-0.25, -0.2) is 0 Å². The van der Waals surface area contributed by atoms with E-state index in [1.165, 1.54) is 0 Å². The predicted molar refractivity (Wildman–Crippen MR) is 106 cm³/mol. The van der Waals surface area contributed by atoms with Crippen LogP contribution in [-0.2, 0) is 9.59 Å². The highest BCUT2D eigenvalue weighted by molar-refractivity contribution is 5.98. The van der Waals surface area contributed by atoms with Crippen LogP contribution in [0.2, 0.25) is 0 Å². The van der Waals surface area contributed by atoms with Crippen LogP contribution >= 0.6 is 0 Å². The monoisotopic (exact) mass is 382 g/mol. The van der Waals surface area contributed by atoms with Gasteiger partial charge in [0, 0.05) is 49.4 Å². The lowest BCUT2D eigenvalue weighted by Crippen LogP contribution is -2.40. The second-order valence-electron chi connectivity index (χ2n) is 7.99. The van der Waals surface area contributed by atoms with Crippen LogP contribution < -0.4 is 10.6 Å². The normalized spacial score (nSPS) is 22.3. The Hall–Kier alpha value is -2.83. The largest absolute Gasteiger partial charge is 0.356 e. The number of aryl methyl sites for hydroxylation is 1. The summed E-state index contributed by atoms with van der Waals surface area (Å²) in [5, 5.41) is 6.88. The molecule has 3 heterocycles. The fraction of sp³-hybridized carbons (Fsp3) is 0.476. The number of nitrogens with zero attached hydrogens (tertiary/aromatic N) is 1. The number of hydrogen-bond acceptors (Lipinski definition) is 3. The number of hydrogen-bond donors (Lipinski definition) is 3. The Balaban J connectivity index is 1.30. The quantitative estimate of drug-likeness (QED) is 0.752. The van der Waals surface area contributed by atoms with Crippen molar-refractivity contribution in [1.29, 1.82) is 0 Å². The first-order valence-corrected chi connectivity index (χ1v) is 9.92. The van der Waals surface area contributed by atoms with E-state index in [4.69, 9.17) is 0 Å². The minimum Gasteiger partial charge on any atom is -0.356 e. The molecular weight excluding hydrogens is 356 g/mol. The van der Waals surface area contributed by atoms with E-state index in [0.717, 1.165) is 29.3 Å². The molecule has 0 saturated carbocycles. The molecule has 3 N–H and O–H groups in total. The molecule has 1 aromatic carbocycles. The first-order chi connectivity index (χ1) is 13.5. The molecule has 7 nitrogen and oxygen atoms in total. The number of piperidine rings is 1. The van der Waals surface area contributed by atoms with Crippen molar-refractivity contribution in [2.24, 2.45) is 5.92 Å². The van der Waals surface area contributed by atoms with Crippen LogP contribution in [0.25, 0.3) is 10.9 Å². The first-order valence-electron chi connectivity index (χ1n) is 9.92. The maximum Gasteiger partial charge on any atom is 0.268 e. The number of carbonyl (C=O) groups is 3. The second-order valence-corrected chi connectivity index (χ2v) is 7.99. The Morgan fingerprint density at radius 3 is 2.89 bits per heavy atom. The van der Waals surface area contributed by atoms with E-state index in [9.17, 15) is 14.4 Å². The molecular formula is C21H26N4O3. The lowest BCUT2D eigenvalue weighted by Gasteiger charge is -2.24. The van der Waals surface area contributed by atoms with Crippen LogP contribution in [0.3, 0.4) is 0 Å². The molecule has 0 radical (unpaired) electrons. The van der Waals surface area contributed by atoms with Crippen molar-refractivity contribution in [3.05, 3.63) is 35.5 Å². The van der Waals surface area contributed by atoms with Crippen molar-refractivity contribution in [3.8, 4) is 0 Å². The zero-order valence-corrected chi connectivity index (χ0v) is 16.1. The SMILES string of the molecule is Cc1ccc2cc(C(=O)NC3CCN(C(=O)CC4CCC(=O)NC4)C3)[nH]c2c1. The molecule has 4 rings (SSSR count). The van der Waals surface area contributed by atoms with Gasteiger partial charge in [0.15, 0.2) is 0 Å². The van der Waals surface area contributed by atoms with Gasteiger partial charge in [-0.05, 0) is 43.4 Å². The van der Waals surface area contributed by atoms with E-state index in [1.807, 2.05) is 36.1 Å². The number of fused-ring (bicyclic) bond motifs is 1. The highest BCUT2D eigenvalue weighted by Crippen LogP contribution is 2.20. The molecule has 1 aromatic heterocycles. The van der Waals surface area contributed by atoms with Crippen molar-refractivity contribution in [1.82, 2.24) is 20.5 Å². The average Bonchev–Trinajstić information content (AvgIpc) is 3.30. The van der Waals surface area contributed by atoms with E-state index in [2.05, 4.69) is 15.6 Å². The number of amides is 3. The van der Waals surface area contributed by atoms with E-state index in [-0.39, 0.29) is 29.7 Å². The standard InChI is InChI=1S/C21H26N4O3/c1-13-2-4-15-10-18(24-17(15)8-13)21(28)23-16-6-7-25(12-16)20(27)9-14-3-5-19(26)22-11-14/h2,4,8,10,14,16,24H,3,5-7,9,11-12H2,1H3,(H,22,26)(H,23,28). The second kappa shape index (κ2) is 7.66. The van der Waals surface area contributed by atoms with E-state index >= 15 is 0 Å². The lowest BCUT2D eigenvalue weighted by molar-refractivity contribution is -0.132. The molecule has 2 saturated heterocycles. The molecule has 2 atom stereocenters. The number of aromatic amines is 1. The van der Waals surface area contributed by atoms with Crippen molar-refractivity contribution in [2.75, 3.05) is 19.6 Å². The topological polar surface area (TPSA) is 94.3 Å². The summed E-state index contributed by atoms with van der Waals surface area (Å²) in [5.74, 6) is 0.260. The van der Waals surface area contributed by atoms with Gasteiger partial charge in [-0.15, -0.1) is 0 Å². The number of benzene rings is 1. The number of aromatic nitrogens is 1.